The van der Waals surface area contributed by atoms with Gasteiger partial charge in [0.2, 0.25) is 0 Å². The Hall–Kier alpha value is -2.44. The Labute approximate surface area is 88.9 Å². The van der Waals surface area contributed by atoms with Gasteiger partial charge in [0.05, 0.1) is 4.92 Å². The fraction of sp³-hybridized carbons (Fsp3) is 0.111. The second-order valence-electron chi connectivity index (χ2n) is 3.20. The Bertz CT molecular complexity index is 599. The van der Waals surface area contributed by atoms with Crippen molar-refractivity contribution in [3.05, 3.63) is 44.4 Å². The number of nitrogens with zero attached hydrogens (tertiary/aromatic N) is 2. The number of H-pyrrole nitrogens is 1. The van der Waals surface area contributed by atoms with Crippen LogP contribution in [0.5, 0.6) is 0 Å². The highest BCUT2D eigenvalue weighted by Crippen LogP contribution is 2.23. The fourth-order valence-corrected chi connectivity index (χ4v) is 1.31. The number of rotatable bonds is 2. The molecule has 0 unspecified atom stereocenters. The Morgan fingerprint density at radius 3 is 2.81 bits per heavy atom. The minimum Gasteiger partial charge on any atom is -0.296 e. The van der Waals surface area contributed by atoms with Gasteiger partial charge in [0.15, 0.2) is 5.82 Å². The van der Waals surface area contributed by atoms with Crippen molar-refractivity contribution in [1.29, 1.82) is 0 Å². The highest BCUT2D eigenvalue weighted by molar-refractivity contribution is 5.60. The van der Waals surface area contributed by atoms with Gasteiger partial charge < -0.3 is 0 Å². The molecule has 0 aliphatic heterocycles. The van der Waals surface area contributed by atoms with Gasteiger partial charge >= 0.3 is 5.76 Å². The lowest BCUT2D eigenvalue weighted by Gasteiger charge is -1.98. The molecule has 1 aromatic carbocycles. The first kappa shape index (κ1) is 10.1. The van der Waals surface area contributed by atoms with Gasteiger partial charge in [-0.05, 0) is 6.92 Å². The van der Waals surface area contributed by atoms with E-state index >= 15 is 0 Å². The number of benzene rings is 1. The molecule has 0 aliphatic rings. The summed E-state index contributed by atoms with van der Waals surface area (Å²) in [6.07, 6.45) is 0. The van der Waals surface area contributed by atoms with Gasteiger partial charge in [0, 0.05) is 17.2 Å². The van der Waals surface area contributed by atoms with Crippen molar-refractivity contribution in [1.82, 2.24) is 10.1 Å². The number of aryl methyl sites for hydroxylation is 1. The van der Waals surface area contributed by atoms with Crippen molar-refractivity contribution >= 4 is 5.69 Å². The molecule has 0 saturated carbocycles. The first-order valence-corrected chi connectivity index (χ1v) is 4.39. The summed E-state index contributed by atoms with van der Waals surface area (Å²) in [7, 11) is 0. The summed E-state index contributed by atoms with van der Waals surface area (Å²) in [5, 5.41) is 14.2. The van der Waals surface area contributed by atoms with Gasteiger partial charge in [-0.2, -0.15) is 0 Å². The molecule has 2 aromatic rings. The molecular weight excluding hydrogens is 214 g/mol. The number of nitro benzene ring substituents is 1. The quantitative estimate of drug-likeness (QED) is 0.607. The first-order chi connectivity index (χ1) is 7.58. The minimum atomic E-state index is -0.696. The first-order valence-electron chi connectivity index (χ1n) is 4.39. The molecule has 0 radical (unpaired) electrons. The number of nitrogens with one attached hydrogen (secondary N) is 1. The highest BCUT2D eigenvalue weighted by atomic mass is 16.6. The lowest BCUT2D eigenvalue weighted by atomic mass is 10.1. The van der Waals surface area contributed by atoms with Gasteiger partial charge in [-0.1, -0.05) is 17.3 Å². The van der Waals surface area contributed by atoms with Crippen LogP contribution >= 0.6 is 0 Å². The molecule has 16 heavy (non-hydrogen) atoms. The molecular formula is C9H7N3O4. The predicted molar refractivity (Wildman–Crippen MR) is 54.0 cm³/mol. The van der Waals surface area contributed by atoms with Gasteiger partial charge in [0.25, 0.3) is 5.69 Å². The van der Waals surface area contributed by atoms with Crippen LogP contribution in [-0.4, -0.2) is 15.1 Å². The van der Waals surface area contributed by atoms with E-state index in [0.29, 0.717) is 11.1 Å². The van der Waals surface area contributed by atoms with E-state index in [1.165, 1.54) is 6.07 Å². The summed E-state index contributed by atoms with van der Waals surface area (Å²) >= 11 is 0. The summed E-state index contributed by atoms with van der Waals surface area (Å²) in [4.78, 5) is 23.3. The normalized spacial score (nSPS) is 10.3. The standard InChI is InChI=1S/C9H7N3O4/c1-5-2-3-6(4-7(5)12(14)15)8-10-9(13)16-11-8/h2-4H,1H3,(H,10,11,13). The molecule has 2 rings (SSSR count). The average Bonchev–Trinajstić information content (AvgIpc) is 2.65. The molecule has 82 valence electrons. The SMILES string of the molecule is Cc1ccc(-c2noc(=O)[nH]2)cc1[N+](=O)[O-]. The Morgan fingerprint density at radius 1 is 1.50 bits per heavy atom. The van der Waals surface area contributed by atoms with Crippen LogP contribution in [0, 0.1) is 17.0 Å². The molecule has 0 saturated heterocycles. The van der Waals surface area contributed by atoms with Crippen LogP contribution in [-0.2, 0) is 0 Å². The van der Waals surface area contributed by atoms with Gasteiger partial charge in [-0.15, -0.1) is 0 Å². The number of hydrogen-bond acceptors (Lipinski definition) is 5. The molecule has 7 heteroatoms. The van der Waals surface area contributed by atoms with Crippen molar-refractivity contribution < 1.29 is 9.45 Å². The summed E-state index contributed by atoms with van der Waals surface area (Å²) in [6, 6.07) is 4.54. The molecule has 0 spiro atoms. The maximum Gasteiger partial charge on any atom is 0.439 e. The fourth-order valence-electron chi connectivity index (χ4n) is 1.31. The molecule has 7 nitrogen and oxygen atoms in total. The van der Waals surface area contributed by atoms with Crippen LogP contribution in [0.3, 0.4) is 0 Å². The Kier molecular flexibility index (Phi) is 2.28. The van der Waals surface area contributed by atoms with E-state index in [4.69, 9.17) is 0 Å². The predicted octanol–water partition coefficient (Wildman–Crippen LogP) is 1.25. The van der Waals surface area contributed by atoms with E-state index in [1.54, 1.807) is 19.1 Å². The van der Waals surface area contributed by atoms with Crippen LogP contribution in [0.2, 0.25) is 0 Å². The van der Waals surface area contributed by atoms with Crippen molar-refractivity contribution in [2.75, 3.05) is 0 Å². The number of aromatic nitrogens is 2. The number of hydrogen-bond donors (Lipinski definition) is 1. The molecule has 1 N–H and O–H groups in total. The average molecular weight is 221 g/mol. The van der Waals surface area contributed by atoms with Crippen molar-refractivity contribution in [2.45, 2.75) is 6.92 Å². The second-order valence-corrected chi connectivity index (χ2v) is 3.20. The lowest BCUT2D eigenvalue weighted by Crippen LogP contribution is -1.96. The van der Waals surface area contributed by atoms with E-state index in [9.17, 15) is 14.9 Å². The monoisotopic (exact) mass is 221 g/mol. The van der Waals surface area contributed by atoms with E-state index in [2.05, 4.69) is 14.7 Å². The highest BCUT2D eigenvalue weighted by Gasteiger charge is 2.13. The van der Waals surface area contributed by atoms with Gasteiger partial charge in [-0.25, -0.2) is 4.79 Å². The van der Waals surface area contributed by atoms with Crippen LogP contribution in [0.1, 0.15) is 5.56 Å². The molecule has 1 aromatic heterocycles. The topological polar surface area (TPSA) is 102 Å². The smallest absolute Gasteiger partial charge is 0.296 e. The molecule has 0 fully saturated rings. The van der Waals surface area contributed by atoms with E-state index in [0.717, 1.165) is 0 Å². The van der Waals surface area contributed by atoms with E-state index in [-0.39, 0.29) is 11.5 Å². The Morgan fingerprint density at radius 2 is 2.25 bits per heavy atom. The van der Waals surface area contributed by atoms with E-state index < -0.39 is 10.7 Å². The van der Waals surface area contributed by atoms with Crippen LogP contribution in [0.4, 0.5) is 5.69 Å². The number of aromatic amines is 1. The molecule has 0 amide bonds. The van der Waals surface area contributed by atoms with E-state index in [1.807, 2.05) is 0 Å². The van der Waals surface area contributed by atoms with Crippen molar-refractivity contribution in [3.8, 4) is 11.4 Å². The third kappa shape index (κ3) is 1.70. The largest absolute Gasteiger partial charge is 0.439 e. The number of nitro groups is 1. The zero-order valence-corrected chi connectivity index (χ0v) is 8.26. The summed E-state index contributed by atoms with van der Waals surface area (Å²) in [5.74, 6) is -0.522. The second kappa shape index (κ2) is 3.61. The summed E-state index contributed by atoms with van der Waals surface area (Å²) in [5.41, 5.74) is 0.948. The van der Waals surface area contributed by atoms with Gasteiger partial charge in [-0.3, -0.25) is 19.6 Å². The third-order valence-corrected chi connectivity index (χ3v) is 2.12. The summed E-state index contributed by atoms with van der Waals surface area (Å²) in [6.45, 7) is 1.63. The molecule has 0 aliphatic carbocycles. The van der Waals surface area contributed by atoms with Gasteiger partial charge in [0.1, 0.15) is 0 Å². The molecule has 0 bridgehead atoms. The Balaban J connectivity index is 2.55. The van der Waals surface area contributed by atoms with Crippen LogP contribution in [0.15, 0.2) is 27.5 Å². The molecule has 0 atom stereocenters. The zero-order valence-electron chi connectivity index (χ0n) is 8.26. The van der Waals surface area contributed by atoms with Crippen molar-refractivity contribution in [3.63, 3.8) is 0 Å². The van der Waals surface area contributed by atoms with Crippen LogP contribution < -0.4 is 5.76 Å². The lowest BCUT2D eigenvalue weighted by molar-refractivity contribution is -0.385. The zero-order chi connectivity index (χ0) is 11.7. The minimum absolute atomic E-state index is 0.0265. The van der Waals surface area contributed by atoms with Crippen LogP contribution in [0.25, 0.3) is 11.4 Å². The van der Waals surface area contributed by atoms with Crippen molar-refractivity contribution in [2.24, 2.45) is 0 Å². The third-order valence-electron chi connectivity index (χ3n) is 2.12. The maximum atomic E-state index is 10.7. The molecule has 1 heterocycles. The summed E-state index contributed by atoms with van der Waals surface area (Å²) < 4.78 is 4.32. The maximum absolute atomic E-state index is 10.7.